The maximum atomic E-state index is 15.0. The lowest BCUT2D eigenvalue weighted by atomic mass is 10.2. The molecule has 216 valence electrons. The molecule has 4 aromatic heterocycles. The van der Waals surface area contributed by atoms with E-state index >= 15 is 4.39 Å². The summed E-state index contributed by atoms with van der Waals surface area (Å²) in [6, 6.07) is 9.78. The summed E-state index contributed by atoms with van der Waals surface area (Å²) in [7, 11) is 0. The van der Waals surface area contributed by atoms with Gasteiger partial charge in [-0.2, -0.15) is 5.10 Å². The third kappa shape index (κ3) is 5.88. The van der Waals surface area contributed by atoms with E-state index in [4.69, 9.17) is 14.5 Å². The van der Waals surface area contributed by atoms with Crippen molar-refractivity contribution in [1.29, 1.82) is 0 Å². The summed E-state index contributed by atoms with van der Waals surface area (Å²) in [6.07, 6.45) is 4.21. The van der Waals surface area contributed by atoms with Gasteiger partial charge in [0.1, 0.15) is 35.3 Å². The number of piperazine rings is 1. The number of carbonyl (C=O) groups is 1. The second kappa shape index (κ2) is 11.0. The smallest absolute Gasteiger partial charge is 0.410 e. The number of ether oxygens (including phenoxy) is 2. The fourth-order valence-corrected chi connectivity index (χ4v) is 5.03. The molecule has 0 bridgehead atoms. The van der Waals surface area contributed by atoms with E-state index in [-0.39, 0.29) is 11.8 Å². The van der Waals surface area contributed by atoms with Crippen molar-refractivity contribution in [2.24, 2.45) is 0 Å². The van der Waals surface area contributed by atoms with E-state index in [0.717, 1.165) is 4.47 Å². The average molecular weight is 636 g/mol. The zero-order chi connectivity index (χ0) is 29.4. The van der Waals surface area contributed by atoms with Gasteiger partial charge in [0.05, 0.1) is 9.99 Å². The number of carbonyl (C=O) groups excluding carboxylic acids is 1. The molecule has 0 radical (unpaired) electrons. The number of hydrogen-bond acceptors (Lipinski definition) is 10. The summed E-state index contributed by atoms with van der Waals surface area (Å²) in [6.45, 7) is 7.69. The number of rotatable bonds is 5. The van der Waals surface area contributed by atoms with Gasteiger partial charge < -0.3 is 24.6 Å². The Morgan fingerprint density at radius 1 is 1.02 bits per heavy atom. The standard InChI is InChI=1S/C28H27BrFN9O3/c1-28(2,3)42-27(40)38-10-8-37(9-11-38)26-19(29)14-21-24(36-26)25(33-15-31-21)35-17-4-5-22(20(30)12-17)41-18-6-7-39-23(13-18)32-16-34-39/h4-7,12-16H,8-11H2,1-3H3,(H,31,33,35). The molecule has 1 amide bonds. The number of pyridine rings is 2. The molecule has 5 aromatic rings. The van der Waals surface area contributed by atoms with Crippen molar-refractivity contribution in [3.05, 3.63) is 65.5 Å². The maximum absolute atomic E-state index is 15.0. The van der Waals surface area contributed by atoms with Crippen molar-refractivity contribution in [2.45, 2.75) is 26.4 Å². The van der Waals surface area contributed by atoms with Gasteiger partial charge in [-0.1, -0.05) is 0 Å². The van der Waals surface area contributed by atoms with E-state index in [1.165, 1.54) is 24.8 Å². The van der Waals surface area contributed by atoms with Crippen LogP contribution in [0.1, 0.15) is 20.8 Å². The SMILES string of the molecule is CC(C)(C)OC(=O)N1CCN(c2nc3c(Nc4ccc(Oc5ccn6ncnc6c5)c(F)c4)ncnc3cc2Br)CC1. The molecule has 0 aliphatic carbocycles. The first-order chi connectivity index (χ1) is 20.1. The van der Waals surface area contributed by atoms with E-state index in [0.29, 0.717) is 65.9 Å². The zero-order valence-electron chi connectivity index (χ0n) is 23.1. The van der Waals surface area contributed by atoms with Crippen LogP contribution in [0.25, 0.3) is 16.7 Å². The number of halogens is 2. The number of amides is 1. The first-order valence-corrected chi connectivity index (χ1v) is 14.0. The highest BCUT2D eigenvalue weighted by Gasteiger charge is 2.27. The number of nitrogens with zero attached hydrogens (tertiary/aromatic N) is 8. The van der Waals surface area contributed by atoms with Crippen LogP contribution in [0, 0.1) is 5.82 Å². The van der Waals surface area contributed by atoms with Crippen LogP contribution < -0.4 is 15.0 Å². The largest absolute Gasteiger partial charge is 0.454 e. The van der Waals surface area contributed by atoms with Gasteiger partial charge in [-0.25, -0.2) is 33.6 Å². The maximum Gasteiger partial charge on any atom is 0.410 e. The fraction of sp³-hybridized carbons (Fsp3) is 0.286. The second-order valence-corrected chi connectivity index (χ2v) is 11.5. The summed E-state index contributed by atoms with van der Waals surface area (Å²) < 4.78 is 28.7. The first kappa shape index (κ1) is 27.6. The normalized spacial score (nSPS) is 13.9. The summed E-state index contributed by atoms with van der Waals surface area (Å²) >= 11 is 3.62. The Bertz CT molecular complexity index is 1780. The monoisotopic (exact) mass is 635 g/mol. The van der Waals surface area contributed by atoms with Gasteiger partial charge >= 0.3 is 6.09 Å². The molecule has 1 fully saturated rings. The second-order valence-electron chi connectivity index (χ2n) is 10.6. The Morgan fingerprint density at radius 3 is 2.60 bits per heavy atom. The van der Waals surface area contributed by atoms with Crippen molar-refractivity contribution in [3.63, 3.8) is 0 Å². The molecule has 14 heteroatoms. The molecule has 42 heavy (non-hydrogen) atoms. The number of hydrogen-bond donors (Lipinski definition) is 1. The molecule has 6 rings (SSSR count). The summed E-state index contributed by atoms with van der Waals surface area (Å²) in [5.74, 6) is 1.06. The van der Waals surface area contributed by atoms with Crippen molar-refractivity contribution in [2.75, 3.05) is 36.4 Å². The lowest BCUT2D eigenvalue weighted by molar-refractivity contribution is 0.0240. The number of aromatic nitrogens is 6. The topological polar surface area (TPSA) is 123 Å². The number of nitrogens with one attached hydrogen (secondary N) is 1. The number of anilines is 3. The van der Waals surface area contributed by atoms with E-state index in [1.807, 2.05) is 26.8 Å². The van der Waals surface area contributed by atoms with Gasteiger partial charge in [-0.05, 0) is 61.0 Å². The zero-order valence-corrected chi connectivity index (χ0v) is 24.7. The predicted octanol–water partition coefficient (Wildman–Crippen LogP) is 5.56. The van der Waals surface area contributed by atoms with Crippen LogP contribution in [0.3, 0.4) is 0 Å². The molecule has 0 atom stereocenters. The lowest BCUT2D eigenvalue weighted by Gasteiger charge is -2.36. The minimum Gasteiger partial charge on any atom is -0.454 e. The van der Waals surface area contributed by atoms with E-state index in [2.05, 4.69) is 46.2 Å². The van der Waals surface area contributed by atoms with Gasteiger partial charge in [-0.15, -0.1) is 0 Å². The van der Waals surface area contributed by atoms with Crippen LogP contribution in [0.4, 0.5) is 26.5 Å². The molecular formula is C28H27BrFN9O3. The molecule has 0 unspecified atom stereocenters. The average Bonchev–Trinajstić information content (AvgIpc) is 3.42. The molecule has 1 saturated heterocycles. The van der Waals surface area contributed by atoms with Crippen LogP contribution in [0.15, 0.2) is 59.7 Å². The summed E-state index contributed by atoms with van der Waals surface area (Å²) in [5.41, 5.74) is 1.63. The van der Waals surface area contributed by atoms with Gasteiger partial charge in [0.2, 0.25) is 0 Å². The Balaban J connectivity index is 1.19. The van der Waals surface area contributed by atoms with Crippen LogP contribution in [0.5, 0.6) is 11.5 Å². The summed E-state index contributed by atoms with van der Waals surface area (Å²) in [4.78, 5) is 34.0. The number of benzene rings is 1. The van der Waals surface area contributed by atoms with E-state index < -0.39 is 11.4 Å². The third-order valence-electron chi connectivity index (χ3n) is 6.45. The minimum absolute atomic E-state index is 0.0619. The van der Waals surface area contributed by atoms with Crippen LogP contribution in [0.2, 0.25) is 0 Å². The van der Waals surface area contributed by atoms with Crippen molar-refractivity contribution in [3.8, 4) is 11.5 Å². The molecule has 5 heterocycles. The number of fused-ring (bicyclic) bond motifs is 2. The van der Waals surface area contributed by atoms with Gasteiger partial charge in [-0.3, -0.25) is 0 Å². The highest BCUT2D eigenvalue weighted by Crippen LogP contribution is 2.33. The highest BCUT2D eigenvalue weighted by atomic mass is 79.9. The Hall–Kier alpha value is -4.59. The Labute approximate surface area is 248 Å². The molecule has 1 aromatic carbocycles. The van der Waals surface area contributed by atoms with E-state index in [9.17, 15) is 4.79 Å². The third-order valence-corrected chi connectivity index (χ3v) is 7.03. The first-order valence-electron chi connectivity index (χ1n) is 13.2. The lowest BCUT2D eigenvalue weighted by Crippen LogP contribution is -2.50. The van der Waals surface area contributed by atoms with Gasteiger partial charge in [0, 0.05) is 50.2 Å². The van der Waals surface area contributed by atoms with Crippen LogP contribution in [-0.4, -0.2) is 72.3 Å². The molecule has 0 saturated carbocycles. The Kier molecular flexibility index (Phi) is 7.22. The molecule has 1 N–H and O–H groups in total. The Morgan fingerprint density at radius 2 is 1.83 bits per heavy atom. The van der Waals surface area contributed by atoms with Gasteiger partial charge in [0.15, 0.2) is 23.0 Å². The molecular weight excluding hydrogens is 609 g/mol. The van der Waals surface area contributed by atoms with Crippen molar-refractivity contribution < 1.29 is 18.7 Å². The van der Waals surface area contributed by atoms with Crippen molar-refractivity contribution >= 4 is 56.0 Å². The van der Waals surface area contributed by atoms with Gasteiger partial charge in [0.25, 0.3) is 0 Å². The predicted molar refractivity (Wildman–Crippen MR) is 158 cm³/mol. The highest BCUT2D eigenvalue weighted by molar-refractivity contribution is 9.10. The molecule has 12 nitrogen and oxygen atoms in total. The molecule has 0 spiro atoms. The van der Waals surface area contributed by atoms with Crippen LogP contribution >= 0.6 is 15.9 Å². The molecule has 1 aliphatic rings. The minimum atomic E-state index is -0.557. The fourth-order valence-electron chi connectivity index (χ4n) is 4.48. The summed E-state index contributed by atoms with van der Waals surface area (Å²) in [5, 5.41) is 7.20. The van der Waals surface area contributed by atoms with Crippen molar-refractivity contribution in [1.82, 2.24) is 34.4 Å². The quantitative estimate of drug-likeness (QED) is 0.262. The van der Waals surface area contributed by atoms with E-state index in [1.54, 1.807) is 33.8 Å². The van der Waals surface area contributed by atoms with Crippen LogP contribution in [-0.2, 0) is 4.74 Å². The molecule has 1 aliphatic heterocycles.